The molecule has 0 bridgehead atoms. The highest BCUT2D eigenvalue weighted by molar-refractivity contribution is 5.97. The molecule has 0 saturated carbocycles. The molecule has 1 amide bonds. The Balaban J connectivity index is 0.00000338. The number of ether oxygens (including phenoxy) is 2. The molecule has 0 aliphatic rings. The molecule has 142 valence electrons. The normalized spacial score (nSPS) is 11.5. The molecule has 2 rings (SSSR count). The lowest BCUT2D eigenvalue weighted by Crippen LogP contribution is -2.32. The number of hydrogen-bond acceptors (Lipinski definition) is 4. The van der Waals surface area contributed by atoms with E-state index in [1.807, 2.05) is 12.1 Å². The van der Waals surface area contributed by atoms with Crippen molar-refractivity contribution < 1.29 is 14.3 Å². The molecule has 0 radical (unpaired) electrons. The Bertz CT molecular complexity index is 717. The maximum Gasteiger partial charge on any atom is 0.255 e. The molecule has 0 spiro atoms. The number of halogens is 1. The Labute approximate surface area is 161 Å². The van der Waals surface area contributed by atoms with Crippen molar-refractivity contribution in [2.75, 3.05) is 20.8 Å². The fraction of sp³-hybridized carbons (Fsp3) is 0.350. The minimum Gasteiger partial charge on any atom is -0.497 e. The van der Waals surface area contributed by atoms with Crippen molar-refractivity contribution in [3.63, 3.8) is 0 Å². The number of nitrogens with two attached hydrogens (primary N) is 1. The zero-order chi connectivity index (χ0) is 18.4. The molecule has 1 unspecified atom stereocenters. The number of carbonyl (C=O) groups is 1. The summed E-state index contributed by atoms with van der Waals surface area (Å²) in [6.45, 7) is 4.64. The Morgan fingerprint density at radius 3 is 2.19 bits per heavy atom. The monoisotopic (exact) mass is 378 g/mol. The van der Waals surface area contributed by atoms with Gasteiger partial charge in [0.1, 0.15) is 11.5 Å². The molecular formula is C20H27ClN2O3. The zero-order valence-corrected chi connectivity index (χ0v) is 16.4. The van der Waals surface area contributed by atoms with E-state index in [1.54, 1.807) is 25.3 Å². The van der Waals surface area contributed by atoms with Gasteiger partial charge in [-0.05, 0) is 29.2 Å². The topological polar surface area (TPSA) is 73.6 Å². The fourth-order valence-corrected chi connectivity index (χ4v) is 2.53. The first-order chi connectivity index (χ1) is 12.0. The van der Waals surface area contributed by atoms with Crippen molar-refractivity contribution in [3.8, 4) is 11.5 Å². The fourth-order valence-electron chi connectivity index (χ4n) is 2.53. The first kappa shape index (κ1) is 21.8. The van der Waals surface area contributed by atoms with Crippen LogP contribution >= 0.6 is 12.4 Å². The van der Waals surface area contributed by atoms with Crippen LogP contribution in [0.5, 0.6) is 11.5 Å². The molecule has 1 atom stereocenters. The van der Waals surface area contributed by atoms with Gasteiger partial charge in [0, 0.05) is 18.7 Å². The van der Waals surface area contributed by atoms with Crippen LogP contribution in [0.15, 0.2) is 42.5 Å². The highest BCUT2D eigenvalue weighted by atomic mass is 35.5. The largest absolute Gasteiger partial charge is 0.497 e. The van der Waals surface area contributed by atoms with E-state index >= 15 is 0 Å². The summed E-state index contributed by atoms with van der Waals surface area (Å²) in [5, 5.41) is 2.86. The van der Waals surface area contributed by atoms with Gasteiger partial charge in [0.15, 0.2) is 0 Å². The van der Waals surface area contributed by atoms with Crippen molar-refractivity contribution >= 4 is 18.3 Å². The second kappa shape index (κ2) is 10.0. The second-order valence-electron chi connectivity index (χ2n) is 6.20. The van der Waals surface area contributed by atoms with Crippen LogP contribution in [-0.4, -0.2) is 26.7 Å². The molecule has 0 aliphatic carbocycles. The van der Waals surface area contributed by atoms with Crippen molar-refractivity contribution in [1.29, 1.82) is 0 Å². The van der Waals surface area contributed by atoms with Gasteiger partial charge < -0.3 is 20.5 Å². The average Bonchev–Trinajstić information content (AvgIpc) is 2.65. The third-order valence-corrected chi connectivity index (χ3v) is 4.17. The summed E-state index contributed by atoms with van der Waals surface area (Å²) in [5.41, 5.74) is 8.91. The van der Waals surface area contributed by atoms with E-state index in [9.17, 15) is 4.79 Å². The van der Waals surface area contributed by atoms with Gasteiger partial charge in [-0.15, -0.1) is 12.4 Å². The Hall–Kier alpha value is -2.24. The predicted molar refractivity (Wildman–Crippen MR) is 107 cm³/mol. The molecule has 0 aromatic heterocycles. The number of methoxy groups -OCH3 is 2. The predicted octanol–water partition coefficient (Wildman–Crippen LogP) is 3.68. The maximum absolute atomic E-state index is 12.4. The number of hydrogen-bond donors (Lipinski definition) is 2. The third kappa shape index (κ3) is 5.38. The van der Waals surface area contributed by atoms with Crippen molar-refractivity contribution in [2.45, 2.75) is 25.8 Å². The molecule has 5 nitrogen and oxygen atoms in total. The molecular weight excluding hydrogens is 352 g/mol. The first-order valence-electron chi connectivity index (χ1n) is 8.32. The molecule has 0 heterocycles. The number of carbonyl (C=O) groups excluding carboxylic acids is 1. The molecule has 2 aromatic carbocycles. The van der Waals surface area contributed by atoms with Crippen LogP contribution in [0.4, 0.5) is 0 Å². The molecule has 0 saturated heterocycles. The van der Waals surface area contributed by atoms with E-state index in [2.05, 4.69) is 31.3 Å². The lowest BCUT2D eigenvalue weighted by molar-refractivity contribution is 0.0948. The quantitative estimate of drug-likeness (QED) is 0.770. The minimum absolute atomic E-state index is 0. The van der Waals surface area contributed by atoms with Crippen molar-refractivity contribution in [2.24, 2.45) is 5.73 Å². The summed E-state index contributed by atoms with van der Waals surface area (Å²) < 4.78 is 10.4. The number of benzene rings is 2. The van der Waals surface area contributed by atoms with Crippen LogP contribution < -0.4 is 20.5 Å². The lowest BCUT2D eigenvalue weighted by atomic mass is 9.99. The molecule has 3 N–H and O–H groups in total. The average molecular weight is 379 g/mol. The maximum atomic E-state index is 12.4. The standard InChI is InChI=1S/C20H26N2O3.ClH/c1-13(2)14-5-7-15(8-6-14)18(21)12-22-20(23)17-10-9-16(24-3)11-19(17)25-4;/h5-11,13,18H,12,21H2,1-4H3,(H,22,23);1H. The van der Waals surface area contributed by atoms with E-state index in [0.717, 1.165) is 5.56 Å². The van der Waals surface area contributed by atoms with Gasteiger partial charge in [0.05, 0.1) is 19.8 Å². The van der Waals surface area contributed by atoms with Crippen LogP contribution in [0, 0.1) is 0 Å². The van der Waals surface area contributed by atoms with Gasteiger partial charge in [-0.1, -0.05) is 38.1 Å². The number of amides is 1. The van der Waals surface area contributed by atoms with Gasteiger partial charge in [-0.25, -0.2) is 0 Å². The summed E-state index contributed by atoms with van der Waals surface area (Å²) in [6.07, 6.45) is 0. The van der Waals surface area contributed by atoms with Crippen LogP contribution in [-0.2, 0) is 0 Å². The highest BCUT2D eigenvalue weighted by Crippen LogP contribution is 2.24. The van der Waals surface area contributed by atoms with Crippen molar-refractivity contribution in [3.05, 3.63) is 59.2 Å². The van der Waals surface area contributed by atoms with Crippen LogP contribution in [0.1, 0.15) is 47.3 Å². The van der Waals surface area contributed by atoms with Gasteiger partial charge in [-0.3, -0.25) is 4.79 Å². The van der Waals surface area contributed by atoms with Crippen LogP contribution in [0.2, 0.25) is 0 Å². The summed E-state index contributed by atoms with van der Waals surface area (Å²) >= 11 is 0. The van der Waals surface area contributed by atoms with E-state index in [0.29, 0.717) is 29.5 Å². The van der Waals surface area contributed by atoms with E-state index in [-0.39, 0.29) is 24.4 Å². The number of nitrogens with one attached hydrogen (secondary N) is 1. The van der Waals surface area contributed by atoms with Gasteiger partial charge in [0.2, 0.25) is 0 Å². The third-order valence-electron chi connectivity index (χ3n) is 4.17. The molecule has 6 heteroatoms. The van der Waals surface area contributed by atoms with Crippen LogP contribution in [0.3, 0.4) is 0 Å². The van der Waals surface area contributed by atoms with E-state index in [1.165, 1.54) is 12.7 Å². The molecule has 0 fully saturated rings. The smallest absolute Gasteiger partial charge is 0.255 e. The van der Waals surface area contributed by atoms with Crippen LogP contribution in [0.25, 0.3) is 0 Å². The Morgan fingerprint density at radius 1 is 1.04 bits per heavy atom. The van der Waals surface area contributed by atoms with Gasteiger partial charge in [0.25, 0.3) is 5.91 Å². The molecule has 2 aromatic rings. The Morgan fingerprint density at radius 2 is 1.65 bits per heavy atom. The summed E-state index contributed by atoms with van der Waals surface area (Å²) in [7, 11) is 3.09. The van der Waals surface area contributed by atoms with Gasteiger partial charge in [-0.2, -0.15) is 0 Å². The molecule has 26 heavy (non-hydrogen) atoms. The number of rotatable bonds is 7. The lowest BCUT2D eigenvalue weighted by Gasteiger charge is -2.16. The first-order valence-corrected chi connectivity index (χ1v) is 8.32. The highest BCUT2D eigenvalue weighted by Gasteiger charge is 2.15. The summed E-state index contributed by atoms with van der Waals surface area (Å²) in [5.74, 6) is 1.35. The second-order valence-corrected chi connectivity index (χ2v) is 6.20. The van der Waals surface area contributed by atoms with E-state index < -0.39 is 0 Å². The zero-order valence-electron chi connectivity index (χ0n) is 15.6. The Kier molecular flexibility index (Phi) is 8.42. The van der Waals surface area contributed by atoms with E-state index in [4.69, 9.17) is 15.2 Å². The minimum atomic E-state index is -0.269. The van der Waals surface area contributed by atoms with Crippen molar-refractivity contribution in [1.82, 2.24) is 5.32 Å². The summed E-state index contributed by atoms with van der Waals surface area (Å²) in [4.78, 5) is 12.4. The van der Waals surface area contributed by atoms with Gasteiger partial charge >= 0.3 is 0 Å². The molecule has 0 aliphatic heterocycles. The summed E-state index contributed by atoms with van der Waals surface area (Å²) in [6, 6.07) is 13.0. The SMILES string of the molecule is COc1ccc(C(=O)NCC(N)c2ccc(C(C)C)cc2)c(OC)c1.Cl.